The second-order valence-corrected chi connectivity index (χ2v) is 5.39. The minimum atomic E-state index is -0.0165. The van der Waals surface area contributed by atoms with Crippen LogP contribution < -0.4 is 5.32 Å². The molecule has 1 atom stereocenters. The zero-order valence-corrected chi connectivity index (χ0v) is 11.2. The molecular weight excluding hydrogens is 248 g/mol. The highest BCUT2D eigenvalue weighted by atomic mass is 16.2. The third-order valence-corrected chi connectivity index (χ3v) is 4.14. The van der Waals surface area contributed by atoms with Gasteiger partial charge in [-0.1, -0.05) is 36.4 Å². The van der Waals surface area contributed by atoms with Gasteiger partial charge in [-0.15, -0.1) is 0 Å². The van der Waals surface area contributed by atoms with Crippen LogP contribution in [0.15, 0.2) is 60.0 Å². The highest BCUT2D eigenvalue weighted by Crippen LogP contribution is 2.41. The van der Waals surface area contributed by atoms with Crippen molar-refractivity contribution in [3.05, 3.63) is 65.5 Å². The van der Waals surface area contributed by atoms with Crippen molar-refractivity contribution < 1.29 is 4.79 Å². The van der Waals surface area contributed by atoms with E-state index in [0.717, 1.165) is 41.9 Å². The van der Waals surface area contributed by atoms with Crippen LogP contribution in [0.4, 0.5) is 0 Å². The molecule has 100 valence electrons. The molecule has 1 N–H and O–H groups in total. The number of allylic oxidation sites excluding steroid dienone is 4. The topological polar surface area (TPSA) is 32.3 Å². The zero-order valence-electron chi connectivity index (χ0n) is 11.2. The number of carbonyl (C=O) groups is 1. The molecule has 3 heteroatoms. The Bertz CT molecular complexity index is 646. The van der Waals surface area contributed by atoms with E-state index in [1.165, 1.54) is 0 Å². The third-order valence-electron chi connectivity index (χ3n) is 4.14. The van der Waals surface area contributed by atoms with Crippen molar-refractivity contribution in [1.82, 2.24) is 10.2 Å². The fourth-order valence-corrected chi connectivity index (χ4v) is 3.08. The van der Waals surface area contributed by atoms with E-state index in [9.17, 15) is 4.79 Å². The molecule has 3 nitrogen and oxygen atoms in total. The summed E-state index contributed by atoms with van der Waals surface area (Å²) in [6, 6.07) is 10.2. The van der Waals surface area contributed by atoms with Crippen LogP contribution in [0, 0.1) is 0 Å². The van der Waals surface area contributed by atoms with Gasteiger partial charge in [-0.2, -0.15) is 0 Å². The van der Waals surface area contributed by atoms with E-state index in [0.29, 0.717) is 0 Å². The van der Waals surface area contributed by atoms with Crippen LogP contribution in [0.25, 0.3) is 5.57 Å². The normalized spacial score (nSPS) is 23.7. The van der Waals surface area contributed by atoms with Crippen LogP contribution in [0.2, 0.25) is 0 Å². The highest BCUT2D eigenvalue weighted by Gasteiger charge is 2.38. The molecule has 1 amide bonds. The van der Waals surface area contributed by atoms with Gasteiger partial charge in [-0.05, 0) is 37.1 Å². The van der Waals surface area contributed by atoms with Crippen LogP contribution in [0.5, 0.6) is 0 Å². The molecule has 3 heterocycles. The molecule has 2 bridgehead atoms. The van der Waals surface area contributed by atoms with Crippen LogP contribution in [0.3, 0.4) is 0 Å². The number of carbonyl (C=O) groups excluding carboxylic acids is 1. The zero-order chi connectivity index (χ0) is 13.5. The van der Waals surface area contributed by atoms with E-state index >= 15 is 0 Å². The molecule has 1 aromatic rings. The number of benzene rings is 1. The van der Waals surface area contributed by atoms with Crippen molar-refractivity contribution in [2.45, 2.75) is 18.9 Å². The first-order chi connectivity index (χ1) is 9.84. The lowest BCUT2D eigenvalue weighted by atomic mass is 9.90. The van der Waals surface area contributed by atoms with Crippen molar-refractivity contribution >= 4 is 11.5 Å². The summed E-state index contributed by atoms with van der Waals surface area (Å²) in [5, 5.41) is 3.28. The van der Waals surface area contributed by atoms with E-state index < -0.39 is 0 Å². The van der Waals surface area contributed by atoms with Gasteiger partial charge >= 0.3 is 0 Å². The number of amides is 1. The van der Waals surface area contributed by atoms with E-state index in [-0.39, 0.29) is 11.9 Å². The van der Waals surface area contributed by atoms with Crippen molar-refractivity contribution in [2.75, 3.05) is 6.54 Å². The highest BCUT2D eigenvalue weighted by molar-refractivity contribution is 5.97. The summed E-state index contributed by atoms with van der Waals surface area (Å²) in [6.07, 6.45) is 8.26. The summed E-state index contributed by atoms with van der Waals surface area (Å²) in [6.45, 7) is 0.948. The molecule has 0 radical (unpaired) electrons. The van der Waals surface area contributed by atoms with Crippen LogP contribution in [0.1, 0.15) is 18.4 Å². The summed E-state index contributed by atoms with van der Waals surface area (Å²) in [5.41, 5.74) is 4.34. The van der Waals surface area contributed by atoms with Gasteiger partial charge in [0, 0.05) is 5.57 Å². The van der Waals surface area contributed by atoms with E-state index in [4.69, 9.17) is 0 Å². The van der Waals surface area contributed by atoms with Gasteiger partial charge in [-0.3, -0.25) is 9.69 Å². The van der Waals surface area contributed by atoms with Gasteiger partial charge in [0.2, 0.25) is 5.91 Å². The standard InChI is InChI=1S/C17H16N2O/c20-17(15-7-4-10-18-15)19-13-8-9-14(16(19)11-13)12-5-2-1-3-6-12/h1-3,5-6,8-9,11,15,18H,4,7,10H2. The third kappa shape index (κ3) is 1.67. The predicted octanol–water partition coefficient (Wildman–Crippen LogP) is 2.45. The molecule has 0 saturated carbocycles. The first kappa shape index (κ1) is 11.7. The molecule has 1 saturated heterocycles. The molecule has 1 fully saturated rings. The lowest BCUT2D eigenvalue weighted by molar-refractivity contribution is -0.129. The molecule has 3 aliphatic heterocycles. The summed E-state index contributed by atoms with van der Waals surface area (Å²) in [4.78, 5) is 14.4. The summed E-state index contributed by atoms with van der Waals surface area (Å²) in [7, 11) is 0. The average Bonchev–Trinajstić information content (AvgIpc) is 3.02. The maximum Gasteiger partial charge on any atom is 0.248 e. The van der Waals surface area contributed by atoms with Gasteiger partial charge in [0.25, 0.3) is 0 Å². The molecule has 0 aromatic heterocycles. The first-order valence-corrected chi connectivity index (χ1v) is 7.11. The van der Waals surface area contributed by atoms with E-state index in [1.54, 1.807) is 0 Å². The van der Waals surface area contributed by atoms with Gasteiger partial charge in [0.1, 0.15) is 0 Å². The van der Waals surface area contributed by atoms with Crippen LogP contribution in [-0.2, 0) is 4.79 Å². The second kappa shape index (κ2) is 4.46. The van der Waals surface area contributed by atoms with Crippen molar-refractivity contribution in [1.29, 1.82) is 0 Å². The number of fused-ring (bicyclic) bond motifs is 2. The fraction of sp³-hybridized carbons (Fsp3) is 0.235. The molecule has 0 spiro atoms. The van der Waals surface area contributed by atoms with Gasteiger partial charge in [-0.25, -0.2) is 0 Å². The smallest absolute Gasteiger partial charge is 0.248 e. The van der Waals surface area contributed by atoms with Crippen molar-refractivity contribution in [3.8, 4) is 0 Å². The maximum absolute atomic E-state index is 12.6. The fourth-order valence-electron chi connectivity index (χ4n) is 3.08. The lowest BCUT2D eigenvalue weighted by Gasteiger charge is -2.39. The number of nitrogens with one attached hydrogen (secondary N) is 1. The average molecular weight is 264 g/mol. The van der Waals surface area contributed by atoms with Crippen molar-refractivity contribution in [2.24, 2.45) is 0 Å². The molecule has 3 aliphatic rings. The molecular formula is C17H16N2O. The lowest BCUT2D eigenvalue weighted by Crippen LogP contribution is -2.46. The number of hydrogen-bond donors (Lipinski definition) is 1. The molecule has 4 rings (SSSR count). The number of hydrogen-bond acceptors (Lipinski definition) is 2. The summed E-state index contributed by atoms with van der Waals surface area (Å²) in [5.74, 6) is 0.188. The molecule has 20 heavy (non-hydrogen) atoms. The Kier molecular flexibility index (Phi) is 2.60. The van der Waals surface area contributed by atoms with Crippen LogP contribution >= 0.6 is 0 Å². The van der Waals surface area contributed by atoms with Gasteiger partial charge < -0.3 is 5.32 Å². The first-order valence-electron chi connectivity index (χ1n) is 7.11. The number of nitrogens with zero attached hydrogens (tertiary/aromatic N) is 1. The van der Waals surface area contributed by atoms with E-state index in [2.05, 4.69) is 29.6 Å². The van der Waals surface area contributed by atoms with E-state index in [1.807, 2.05) is 29.2 Å². The summed E-state index contributed by atoms with van der Waals surface area (Å²) < 4.78 is 0. The van der Waals surface area contributed by atoms with Gasteiger partial charge in [0.05, 0.1) is 17.4 Å². The molecule has 0 aliphatic carbocycles. The SMILES string of the molecule is O=C(C1CCCN1)N1c2ccc(-c3ccccc3)c1c2. The quantitative estimate of drug-likeness (QED) is 0.890. The Hall–Kier alpha value is -2.13. The Morgan fingerprint density at radius 1 is 1.20 bits per heavy atom. The Labute approximate surface area is 118 Å². The van der Waals surface area contributed by atoms with Gasteiger partial charge in [0.15, 0.2) is 0 Å². The second-order valence-electron chi connectivity index (χ2n) is 5.39. The monoisotopic (exact) mass is 264 g/mol. The Morgan fingerprint density at radius 2 is 2.05 bits per heavy atom. The number of rotatable bonds is 2. The summed E-state index contributed by atoms with van der Waals surface area (Å²) >= 11 is 0. The largest absolute Gasteiger partial charge is 0.306 e. The van der Waals surface area contributed by atoms with Crippen LogP contribution in [-0.4, -0.2) is 23.4 Å². The Morgan fingerprint density at radius 3 is 2.75 bits per heavy atom. The minimum absolute atomic E-state index is 0.0165. The minimum Gasteiger partial charge on any atom is -0.306 e. The molecule has 1 aromatic carbocycles. The predicted molar refractivity (Wildman–Crippen MR) is 78.5 cm³/mol. The van der Waals surface area contributed by atoms with Crippen molar-refractivity contribution in [3.63, 3.8) is 0 Å². The Balaban J connectivity index is 1.62. The molecule has 1 unspecified atom stereocenters. The maximum atomic E-state index is 12.6.